The maximum absolute atomic E-state index is 11.3. The van der Waals surface area contributed by atoms with E-state index in [0.717, 1.165) is 19.7 Å². The molecule has 0 spiro atoms. The molecule has 17 heavy (non-hydrogen) atoms. The molecule has 0 aliphatic carbocycles. The van der Waals surface area contributed by atoms with Gasteiger partial charge in [0.2, 0.25) is 0 Å². The van der Waals surface area contributed by atoms with Gasteiger partial charge in [-0.15, -0.1) is 0 Å². The lowest BCUT2D eigenvalue weighted by atomic mass is 10.0. The van der Waals surface area contributed by atoms with Crippen molar-refractivity contribution in [2.45, 2.75) is 32.4 Å². The molecule has 1 heterocycles. The molecule has 0 radical (unpaired) electrons. The molecular weight excluding hydrogens is 220 g/mol. The number of morpholine rings is 1. The number of carbonyl (C=O) groups excluding carboxylic acids is 1. The van der Waals surface area contributed by atoms with Crippen molar-refractivity contribution in [2.24, 2.45) is 0 Å². The van der Waals surface area contributed by atoms with Crippen molar-refractivity contribution < 1.29 is 14.3 Å². The van der Waals surface area contributed by atoms with Crippen molar-refractivity contribution in [1.29, 1.82) is 0 Å². The molecule has 1 unspecified atom stereocenters. The molecule has 1 fully saturated rings. The van der Waals surface area contributed by atoms with E-state index in [2.05, 4.69) is 25.7 Å². The minimum atomic E-state index is -0.288. The van der Waals surface area contributed by atoms with Gasteiger partial charge in [0.05, 0.1) is 12.7 Å². The Morgan fingerprint density at radius 3 is 2.76 bits per heavy atom. The Bertz CT molecular complexity index is 266. The van der Waals surface area contributed by atoms with Crippen LogP contribution in [0.3, 0.4) is 0 Å². The number of carbonyl (C=O) groups is 1. The second-order valence-corrected chi connectivity index (χ2v) is 5.39. The molecule has 1 aliphatic rings. The Balaban J connectivity index is 2.36. The third-order valence-electron chi connectivity index (χ3n) is 3.01. The first-order valence-corrected chi connectivity index (χ1v) is 6.03. The van der Waals surface area contributed by atoms with Crippen LogP contribution in [0.5, 0.6) is 0 Å². The molecule has 1 atom stereocenters. The highest BCUT2D eigenvalue weighted by Crippen LogP contribution is 2.21. The van der Waals surface area contributed by atoms with E-state index in [1.54, 1.807) is 14.1 Å². The van der Waals surface area contributed by atoms with E-state index >= 15 is 0 Å². The Labute approximate surface area is 104 Å². The van der Waals surface area contributed by atoms with Crippen LogP contribution in [0.1, 0.15) is 20.8 Å². The molecule has 0 bridgehead atoms. The van der Waals surface area contributed by atoms with E-state index in [-0.39, 0.29) is 17.7 Å². The summed E-state index contributed by atoms with van der Waals surface area (Å²) in [4.78, 5) is 15.0. The monoisotopic (exact) mass is 244 g/mol. The third kappa shape index (κ3) is 4.16. The zero-order chi connectivity index (χ0) is 13.1. The van der Waals surface area contributed by atoms with E-state index < -0.39 is 0 Å². The first-order chi connectivity index (χ1) is 7.83. The van der Waals surface area contributed by atoms with Crippen LogP contribution in [0.25, 0.3) is 0 Å². The van der Waals surface area contributed by atoms with Gasteiger partial charge in [-0.25, -0.2) is 4.79 Å². The van der Waals surface area contributed by atoms with Crippen LogP contribution in [0.15, 0.2) is 0 Å². The molecule has 0 aromatic heterocycles. The van der Waals surface area contributed by atoms with Crippen molar-refractivity contribution in [3.8, 4) is 0 Å². The minimum Gasteiger partial charge on any atom is -0.448 e. The molecule has 5 heteroatoms. The van der Waals surface area contributed by atoms with E-state index in [1.165, 1.54) is 4.90 Å². The predicted octanol–water partition coefficient (Wildman–Crippen LogP) is 1.18. The van der Waals surface area contributed by atoms with Gasteiger partial charge in [-0.1, -0.05) is 0 Å². The molecule has 0 aromatic rings. The SMILES string of the molecule is CC1CN(CCOC(=O)N(C)C)C(C)(C)CO1. The van der Waals surface area contributed by atoms with Gasteiger partial charge in [0.1, 0.15) is 6.61 Å². The van der Waals surface area contributed by atoms with Gasteiger partial charge in [-0.2, -0.15) is 0 Å². The molecule has 0 saturated carbocycles. The highest BCUT2D eigenvalue weighted by Gasteiger charge is 2.33. The quantitative estimate of drug-likeness (QED) is 0.747. The normalized spacial score (nSPS) is 24.4. The Hall–Kier alpha value is -0.810. The standard InChI is InChI=1S/C12H24N2O3/c1-10-8-14(12(2,3)9-17-10)6-7-16-11(15)13(4)5/h10H,6-9H2,1-5H3. The van der Waals surface area contributed by atoms with Crippen molar-refractivity contribution in [3.63, 3.8) is 0 Å². The zero-order valence-electron chi connectivity index (χ0n) is 11.5. The maximum Gasteiger partial charge on any atom is 0.409 e. The number of ether oxygens (including phenoxy) is 2. The molecule has 1 saturated heterocycles. The van der Waals surface area contributed by atoms with E-state index in [0.29, 0.717) is 6.61 Å². The number of amides is 1. The van der Waals surface area contributed by atoms with Gasteiger partial charge in [0, 0.05) is 32.7 Å². The molecule has 5 nitrogen and oxygen atoms in total. The smallest absolute Gasteiger partial charge is 0.409 e. The fourth-order valence-corrected chi connectivity index (χ4v) is 1.81. The summed E-state index contributed by atoms with van der Waals surface area (Å²) in [5.41, 5.74) is 0.0109. The van der Waals surface area contributed by atoms with Crippen molar-refractivity contribution in [3.05, 3.63) is 0 Å². The minimum absolute atomic E-state index is 0.0109. The van der Waals surface area contributed by atoms with Crippen LogP contribution < -0.4 is 0 Å². The number of hydrogen-bond donors (Lipinski definition) is 0. The summed E-state index contributed by atoms with van der Waals surface area (Å²) in [6, 6.07) is 0. The summed E-state index contributed by atoms with van der Waals surface area (Å²) < 4.78 is 10.8. The van der Waals surface area contributed by atoms with E-state index in [9.17, 15) is 4.79 Å². The van der Waals surface area contributed by atoms with Gasteiger partial charge >= 0.3 is 6.09 Å². The van der Waals surface area contributed by atoms with Crippen molar-refractivity contribution in [1.82, 2.24) is 9.80 Å². The summed E-state index contributed by atoms with van der Waals surface area (Å²) in [7, 11) is 3.37. The highest BCUT2D eigenvalue weighted by atomic mass is 16.6. The summed E-state index contributed by atoms with van der Waals surface area (Å²) in [6.07, 6.45) is -0.0447. The first kappa shape index (κ1) is 14.3. The number of rotatable bonds is 3. The van der Waals surface area contributed by atoms with Gasteiger partial charge in [0.15, 0.2) is 0 Å². The van der Waals surface area contributed by atoms with Gasteiger partial charge in [-0.05, 0) is 20.8 Å². The first-order valence-electron chi connectivity index (χ1n) is 6.03. The van der Waals surface area contributed by atoms with Crippen LogP contribution in [0.4, 0.5) is 4.79 Å². The molecule has 0 N–H and O–H groups in total. The van der Waals surface area contributed by atoms with Crippen molar-refractivity contribution >= 4 is 6.09 Å². The Morgan fingerprint density at radius 2 is 2.18 bits per heavy atom. The van der Waals surface area contributed by atoms with E-state index in [4.69, 9.17) is 9.47 Å². The number of hydrogen-bond acceptors (Lipinski definition) is 4. The summed E-state index contributed by atoms with van der Waals surface area (Å²) in [5, 5.41) is 0. The lowest BCUT2D eigenvalue weighted by Gasteiger charge is -2.44. The van der Waals surface area contributed by atoms with Crippen LogP contribution in [-0.2, 0) is 9.47 Å². The summed E-state index contributed by atoms with van der Waals surface area (Å²) in [6.45, 7) is 9.13. The molecule has 0 aromatic carbocycles. The number of nitrogens with zero attached hydrogens (tertiary/aromatic N) is 2. The van der Waals surface area contributed by atoms with Gasteiger partial charge < -0.3 is 14.4 Å². The Morgan fingerprint density at radius 1 is 1.53 bits per heavy atom. The molecule has 1 rings (SSSR count). The topological polar surface area (TPSA) is 42.0 Å². The molecule has 1 aliphatic heterocycles. The molecule has 100 valence electrons. The van der Waals surface area contributed by atoms with Crippen LogP contribution >= 0.6 is 0 Å². The van der Waals surface area contributed by atoms with Gasteiger partial charge in [0.25, 0.3) is 0 Å². The maximum atomic E-state index is 11.3. The Kier molecular flexibility index (Phi) is 4.77. The average Bonchev–Trinajstić information content (AvgIpc) is 2.23. The molecular formula is C12H24N2O3. The molecule has 1 amide bonds. The van der Waals surface area contributed by atoms with Crippen LogP contribution in [0, 0.1) is 0 Å². The highest BCUT2D eigenvalue weighted by molar-refractivity contribution is 5.66. The van der Waals surface area contributed by atoms with Crippen molar-refractivity contribution in [2.75, 3.05) is 40.4 Å². The van der Waals surface area contributed by atoms with Crippen LogP contribution in [-0.4, -0.2) is 67.9 Å². The van der Waals surface area contributed by atoms with Crippen LogP contribution in [0.2, 0.25) is 0 Å². The zero-order valence-corrected chi connectivity index (χ0v) is 11.5. The lowest BCUT2D eigenvalue weighted by molar-refractivity contribution is -0.0951. The largest absolute Gasteiger partial charge is 0.448 e. The van der Waals surface area contributed by atoms with E-state index in [1.807, 2.05) is 0 Å². The second-order valence-electron chi connectivity index (χ2n) is 5.39. The fraction of sp³-hybridized carbons (Fsp3) is 0.917. The summed E-state index contributed by atoms with van der Waals surface area (Å²) in [5.74, 6) is 0. The lowest BCUT2D eigenvalue weighted by Crippen LogP contribution is -2.56. The summed E-state index contributed by atoms with van der Waals surface area (Å²) >= 11 is 0. The average molecular weight is 244 g/mol. The second kappa shape index (κ2) is 5.69. The van der Waals surface area contributed by atoms with Gasteiger partial charge in [-0.3, -0.25) is 4.90 Å². The fourth-order valence-electron chi connectivity index (χ4n) is 1.81. The third-order valence-corrected chi connectivity index (χ3v) is 3.01. The predicted molar refractivity (Wildman–Crippen MR) is 66.1 cm³/mol.